The summed E-state index contributed by atoms with van der Waals surface area (Å²) in [6.45, 7) is 1.97. The van der Waals surface area contributed by atoms with Crippen LogP contribution in [0.15, 0.2) is 34.2 Å². The number of hydrogen-bond donors (Lipinski definition) is 1. The Morgan fingerprint density at radius 2 is 2.23 bits per heavy atom. The second-order valence-corrected chi connectivity index (χ2v) is 5.54. The average Bonchev–Trinajstić information content (AvgIpc) is 2.45. The van der Waals surface area contributed by atoms with E-state index in [4.69, 9.17) is 0 Å². The van der Waals surface area contributed by atoms with Gasteiger partial charge in [0.2, 0.25) is 0 Å². The smallest absolute Gasteiger partial charge is 0.276 e. The molecule has 0 aliphatic heterocycles. The zero-order chi connectivity index (χ0) is 16.1. The number of hydrogen-bond acceptors (Lipinski definition) is 5. The van der Waals surface area contributed by atoms with Crippen LogP contribution in [0.5, 0.6) is 0 Å². The molecule has 0 spiro atoms. The van der Waals surface area contributed by atoms with Crippen molar-refractivity contribution in [1.82, 2.24) is 9.97 Å². The number of nitro groups is 1. The van der Waals surface area contributed by atoms with Crippen molar-refractivity contribution < 1.29 is 9.31 Å². The van der Waals surface area contributed by atoms with Crippen LogP contribution in [0.3, 0.4) is 0 Å². The number of nitrogens with zero attached hydrogens (tertiary/aromatic N) is 2. The van der Waals surface area contributed by atoms with Gasteiger partial charge >= 0.3 is 0 Å². The number of nitrogens with one attached hydrogen (secondary N) is 1. The molecule has 0 bridgehead atoms. The number of rotatable bonds is 6. The fraction of sp³-hybridized carbons (Fsp3) is 0.286. The predicted octanol–water partition coefficient (Wildman–Crippen LogP) is 3.06. The van der Waals surface area contributed by atoms with Crippen molar-refractivity contribution in [3.63, 3.8) is 0 Å². The van der Waals surface area contributed by atoms with Crippen LogP contribution < -0.4 is 5.56 Å². The molecule has 0 aliphatic carbocycles. The monoisotopic (exact) mass is 323 g/mol. The molecule has 6 nitrogen and oxygen atoms in total. The normalized spacial score (nSPS) is 10.6. The Morgan fingerprint density at radius 3 is 2.91 bits per heavy atom. The number of H-pyrrole nitrogens is 1. The predicted molar refractivity (Wildman–Crippen MR) is 81.5 cm³/mol. The molecule has 1 aromatic carbocycles. The van der Waals surface area contributed by atoms with Crippen LogP contribution in [0.4, 0.5) is 10.1 Å². The van der Waals surface area contributed by atoms with Crippen molar-refractivity contribution in [2.75, 3.05) is 0 Å². The van der Waals surface area contributed by atoms with E-state index in [9.17, 15) is 19.3 Å². The van der Waals surface area contributed by atoms with Gasteiger partial charge < -0.3 is 4.98 Å². The lowest BCUT2D eigenvalue weighted by molar-refractivity contribution is -0.385. The maximum Gasteiger partial charge on any atom is 0.276 e. The molecule has 0 amide bonds. The molecule has 2 aromatic rings. The third kappa shape index (κ3) is 3.91. The summed E-state index contributed by atoms with van der Waals surface area (Å²) in [4.78, 5) is 28.7. The van der Waals surface area contributed by atoms with Crippen molar-refractivity contribution >= 4 is 17.4 Å². The highest BCUT2D eigenvalue weighted by atomic mass is 32.2. The Balaban J connectivity index is 2.24. The summed E-state index contributed by atoms with van der Waals surface area (Å²) in [7, 11) is 0. The van der Waals surface area contributed by atoms with Gasteiger partial charge in [-0.3, -0.25) is 14.9 Å². The van der Waals surface area contributed by atoms with E-state index in [0.29, 0.717) is 17.3 Å². The Bertz CT molecular complexity index is 748. The highest BCUT2D eigenvalue weighted by Gasteiger charge is 2.18. The summed E-state index contributed by atoms with van der Waals surface area (Å²) in [6.07, 6.45) is 1.51. The Kier molecular flexibility index (Phi) is 5.26. The largest absolute Gasteiger partial charge is 0.301 e. The van der Waals surface area contributed by atoms with Crippen LogP contribution in [-0.4, -0.2) is 14.9 Å². The number of halogens is 1. The molecule has 0 fully saturated rings. The van der Waals surface area contributed by atoms with Crippen LogP contribution in [0.25, 0.3) is 0 Å². The molecule has 0 unspecified atom stereocenters. The van der Waals surface area contributed by atoms with E-state index in [2.05, 4.69) is 9.97 Å². The molecule has 0 saturated heterocycles. The number of aromatic nitrogens is 2. The molecular formula is C14H14FN3O3S. The van der Waals surface area contributed by atoms with Gasteiger partial charge in [-0.05, 0) is 12.5 Å². The minimum Gasteiger partial charge on any atom is -0.301 e. The second-order valence-electron chi connectivity index (χ2n) is 4.58. The van der Waals surface area contributed by atoms with E-state index in [1.165, 1.54) is 24.3 Å². The fourth-order valence-electron chi connectivity index (χ4n) is 1.94. The molecule has 0 aliphatic rings. The molecule has 8 heteroatoms. The maximum atomic E-state index is 13.8. The lowest BCUT2D eigenvalue weighted by Crippen LogP contribution is -2.10. The summed E-state index contributed by atoms with van der Waals surface area (Å²) in [5.41, 5.74) is 0.0707. The molecule has 1 heterocycles. The quantitative estimate of drug-likeness (QED) is 0.382. The first kappa shape index (κ1) is 16.2. The summed E-state index contributed by atoms with van der Waals surface area (Å²) in [6, 6.07) is 5.14. The zero-order valence-corrected chi connectivity index (χ0v) is 12.7. The molecule has 116 valence electrons. The average molecular weight is 323 g/mol. The van der Waals surface area contributed by atoms with Gasteiger partial charge in [0.1, 0.15) is 5.82 Å². The number of aromatic amines is 1. The van der Waals surface area contributed by atoms with E-state index in [-0.39, 0.29) is 22.6 Å². The first-order valence-corrected chi connectivity index (χ1v) is 7.64. The van der Waals surface area contributed by atoms with Gasteiger partial charge in [-0.2, -0.15) is 0 Å². The third-order valence-electron chi connectivity index (χ3n) is 2.92. The van der Waals surface area contributed by atoms with E-state index < -0.39 is 10.7 Å². The van der Waals surface area contributed by atoms with Crippen LogP contribution in [0.2, 0.25) is 0 Å². The van der Waals surface area contributed by atoms with E-state index in [1.807, 2.05) is 6.92 Å². The SMILES string of the molecule is CCCc1cc(=O)[nH]c(SCc2c(F)cccc2[N+](=O)[O-])n1. The minimum atomic E-state index is -0.645. The first-order chi connectivity index (χ1) is 10.5. The van der Waals surface area contributed by atoms with Crippen LogP contribution in [-0.2, 0) is 12.2 Å². The van der Waals surface area contributed by atoms with Crippen LogP contribution in [0.1, 0.15) is 24.6 Å². The van der Waals surface area contributed by atoms with Crippen molar-refractivity contribution in [3.8, 4) is 0 Å². The number of aryl methyl sites for hydroxylation is 1. The van der Waals surface area contributed by atoms with Gasteiger partial charge in [-0.25, -0.2) is 9.37 Å². The summed E-state index contributed by atoms with van der Waals surface area (Å²) < 4.78 is 13.8. The van der Waals surface area contributed by atoms with E-state index >= 15 is 0 Å². The molecule has 0 saturated carbocycles. The standard InChI is InChI=1S/C14H14FN3O3S/c1-2-4-9-7-13(19)17-14(16-9)22-8-10-11(15)5-3-6-12(10)18(20)21/h3,5-7H,2,4,8H2,1H3,(H,16,17,19). The van der Waals surface area contributed by atoms with E-state index in [0.717, 1.165) is 18.2 Å². The molecule has 2 rings (SSSR count). The molecular weight excluding hydrogens is 309 g/mol. The van der Waals surface area contributed by atoms with Crippen molar-refractivity contribution in [3.05, 3.63) is 61.8 Å². The van der Waals surface area contributed by atoms with Gasteiger partial charge in [0.25, 0.3) is 11.2 Å². The van der Waals surface area contributed by atoms with Crippen molar-refractivity contribution in [2.24, 2.45) is 0 Å². The summed E-state index contributed by atoms with van der Waals surface area (Å²) in [5, 5.41) is 11.3. The van der Waals surface area contributed by atoms with Gasteiger partial charge in [0.15, 0.2) is 5.16 Å². The Labute approximate surface area is 129 Å². The minimum absolute atomic E-state index is 0.0129. The third-order valence-corrected chi connectivity index (χ3v) is 3.82. The molecule has 1 aromatic heterocycles. The van der Waals surface area contributed by atoms with Gasteiger partial charge in [0.05, 0.1) is 10.5 Å². The molecule has 1 N–H and O–H groups in total. The lowest BCUT2D eigenvalue weighted by atomic mass is 10.2. The van der Waals surface area contributed by atoms with Crippen LogP contribution >= 0.6 is 11.8 Å². The second kappa shape index (κ2) is 7.17. The molecule has 0 radical (unpaired) electrons. The number of thioether (sulfide) groups is 1. The fourth-order valence-corrected chi connectivity index (χ4v) is 2.86. The lowest BCUT2D eigenvalue weighted by Gasteiger charge is -2.05. The Morgan fingerprint density at radius 1 is 1.45 bits per heavy atom. The molecule has 22 heavy (non-hydrogen) atoms. The van der Waals surface area contributed by atoms with Crippen molar-refractivity contribution in [2.45, 2.75) is 30.7 Å². The summed E-state index contributed by atoms with van der Waals surface area (Å²) >= 11 is 1.06. The topological polar surface area (TPSA) is 88.9 Å². The zero-order valence-electron chi connectivity index (χ0n) is 11.8. The number of benzene rings is 1. The number of nitro benzene ring substituents is 1. The van der Waals surface area contributed by atoms with Crippen molar-refractivity contribution in [1.29, 1.82) is 0 Å². The van der Waals surface area contributed by atoms with Gasteiger partial charge in [-0.1, -0.05) is 31.2 Å². The highest BCUT2D eigenvalue weighted by molar-refractivity contribution is 7.98. The maximum absolute atomic E-state index is 13.8. The highest BCUT2D eigenvalue weighted by Crippen LogP contribution is 2.28. The van der Waals surface area contributed by atoms with Gasteiger partial charge in [-0.15, -0.1) is 0 Å². The summed E-state index contributed by atoms with van der Waals surface area (Å²) in [5.74, 6) is -0.629. The molecule has 0 atom stereocenters. The van der Waals surface area contributed by atoms with Crippen LogP contribution in [0, 0.1) is 15.9 Å². The first-order valence-electron chi connectivity index (χ1n) is 6.66. The van der Waals surface area contributed by atoms with Gasteiger partial charge in [0, 0.05) is 23.6 Å². The van der Waals surface area contributed by atoms with E-state index in [1.54, 1.807) is 0 Å². The Hall–Kier alpha value is -2.22.